The molecule has 1 heterocycles. The number of carbonyl (C=O) groups is 1. The van der Waals surface area contributed by atoms with Gasteiger partial charge >= 0.3 is 5.97 Å². The van der Waals surface area contributed by atoms with Gasteiger partial charge in [0.2, 0.25) is 0 Å². The first-order valence-corrected chi connectivity index (χ1v) is 8.58. The Morgan fingerprint density at radius 3 is 2.86 bits per heavy atom. The number of thioether (sulfide) groups is 1. The third kappa shape index (κ3) is 3.80. The molecule has 1 aromatic heterocycles. The zero-order chi connectivity index (χ0) is 15.2. The lowest BCUT2D eigenvalue weighted by atomic mass is 10.1. The van der Waals surface area contributed by atoms with Crippen molar-refractivity contribution in [2.75, 3.05) is 12.0 Å². The van der Waals surface area contributed by atoms with E-state index in [1.165, 1.54) is 10.9 Å². The molecule has 2 N–H and O–H groups in total. The second-order valence-corrected chi connectivity index (χ2v) is 6.00. The van der Waals surface area contributed by atoms with Crippen LogP contribution in [0.15, 0.2) is 30.5 Å². The number of nitrogens with zero attached hydrogens (tertiary/aromatic N) is 1. The molecule has 0 aliphatic carbocycles. The van der Waals surface area contributed by atoms with Crippen LogP contribution in [0.3, 0.4) is 0 Å². The highest BCUT2D eigenvalue weighted by Gasteiger charge is 2.17. The highest BCUT2D eigenvalue weighted by molar-refractivity contribution is 7.98. The lowest BCUT2D eigenvalue weighted by Gasteiger charge is -2.13. The maximum Gasteiger partial charge on any atom is 0.320 e. The molecule has 2 aromatic rings. The summed E-state index contributed by atoms with van der Waals surface area (Å²) in [6, 6.07) is 7.76. The van der Waals surface area contributed by atoms with Gasteiger partial charge in [-0.2, -0.15) is 11.8 Å². The molecule has 1 aromatic carbocycles. The summed E-state index contributed by atoms with van der Waals surface area (Å²) >= 11 is 1.67. The number of aromatic nitrogens is 1. The second-order valence-electron chi connectivity index (χ2n) is 5.01. The van der Waals surface area contributed by atoms with E-state index in [2.05, 4.69) is 35.1 Å². The number of carboxylic acids is 1. The van der Waals surface area contributed by atoms with Crippen molar-refractivity contribution in [3.8, 4) is 0 Å². The minimum absolute atomic E-state index is 0.485. The largest absolute Gasteiger partial charge is 0.480 e. The maximum absolute atomic E-state index is 11.3. The first-order chi connectivity index (χ1) is 10.2. The number of benzene rings is 1. The molecule has 0 bridgehead atoms. The summed E-state index contributed by atoms with van der Waals surface area (Å²) in [5.74, 6) is 0.0732. The van der Waals surface area contributed by atoms with Gasteiger partial charge in [0, 0.05) is 30.2 Å². The van der Waals surface area contributed by atoms with Crippen molar-refractivity contribution in [1.82, 2.24) is 9.88 Å². The van der Waals surface area contributed by atoms with Crippen molar-refractivity contribution in [2.45, 2.75) is 32.5 Å². The van der Waals surface area contributed by atoms with Gasteiger partial charge in [0.15, 0.2) is 0 Å². The molecule has 114 valence electrons. The standard InChI is InChI=1S/C16H22N2O2S/c1-3-18-11-12(13-6-4-5-7-15(13)18)10-17-14(16(19)20)8-9-21-2/h4-7,11,14,17H,3,8-10H2,1-2H3,(H,19,20). The van der Waals surface area contributed by atoms with E-state index in [1.807, 2.05) is 18.4 Å². The Morgan fingerprint density at radius 2 is 2.19 bits per heavy atom. The molecular weight excluding hydrogens is 284 g/mol. The van der Waals surface area contributed by atoms with Gasteiger partial charge in [-0.05, 0) is 37.0 Å². The van der Waals surface area contributed by atoms with Crippen molar-refractivity contribution >= 4 is 28.6 Å². The Morgan fingerprint density at radius 1 is 1.43 bits per heavy atom. The summed E-state index contributed by atoms with van der Waals surface area (Å²) in [6.07, 6.45) is 4.75. The third-order valence-electron chi connectivity index (χ3n) is 3.66. The Kier molecular flexibility index (Phi) is 5.70. The third-order valence-corrected chi connectivity index (χ3v) is 4.30. The lowest BCUT2D eigenvalue weighted by Crippen LogP contribution is -2.36. The van der Waals surface area contributed by atoms with Crippen LogP contribution in [0.25, 0.3) is 10.9 Å². The van der Waals surface area contributed by atoms with E-state index in [9.17, 15) is 9.90 Å². The number of para-hydroxylation sites is 1. The highest BCUT2D eigenvalue weighted by atomic mass is 32.2. The first-order valence-electron chi connectivity index (χ1n) is 7.19. The number of aryl methyl sites for hydroxylation is 1. The fourth-order valence-corrected chi connectivity index (χ4v) is 2.98. The Labute approximate surface area is 129 Å². The van der Waals surface area contributed by atoms with E-state index >= 15 is 0 Å². The smallest absolute Gasteiger partial charge is 0.320 e. The van der Waals surface area contributed by atoms with Gasteiger partial charge in [0.05, 0.1) is 0 Å². The van der Waals surface area contributed by atoms with Crippen LogP contribution in [0.1, 0.15) is 18.9 Å². The molecular formula is C16H22N2O2S. The Bertz CT molecular complexity index is 609. The van der Waals surface area contributed by atoms with Gasteiger partial charge in [-0.15, -0.1) is 0 Å². The van der Waals surface area contributed by atoms with Crippen molar-refractivity contribution in [1.29, 1.82) is 0 Å². The number of nitrogens with one attached hydrogen (secondary N) is 1. The van der Waals surface area contributed by atoms with Gasteiger partial charge in [-0.3, -0.25) is 4.79 Å². The van der Waals surface area contributed by atoms with Crippen LogP contribution in [0.4, 0.5) is 0 Å². The van der Waals surface area contributed by atoms with Gasteiger partial charge in [0.25, 0.3) is 0 Å². The van der Waals surface area contributed by atoms with Crippen LogP contribution < -0.4 is 5.32 Å². The van der Waals surface area contributed by atoms with E-state index in [-0.39, 0.29) is 0 Å². The summed E-state index contributed by atoms with van der Waals surface area (Å²) in [5.41, 5.74) is 2.36. The van der Waals surface area contributed by atoms with Gasteiger partial charge in [-0.1, -0.05) is 18.2 Å². The molecule has 0 aliphatic rings. The van der Waals surface area contributed by atoms with Gasteiger partial charge in [-0.25, -0.2) is 0 Å². The number of aliphatic carboxylic acids is 1. The predicted molar refractivity (Wildman–Crippen MR) is 88.9 cm³/mol. The first kappa shape index (κ1) is 15.9. The zero-order valence-electron chi connectivity index (χ0n) is 12.5. The molecule has 4 nitrogen and oxygen atoms in total. The average molecular weight is 306 g/mol. The molecule has 0 fully saturated rings. The van der Waals surface area contributed by atoms with E-state index < -0.39 is 12.0 Å². The van der Waals surface area contributed by atoms with Crippen LogP contribution >= 0.6 is 11.8 Å². The topological polar surface area (TPSA) is 54.3 Å². The fourth-order valence-electron chi connectivity index (χ4n) is 2.51. The number of fused-ring (bicyclic) bond motifs is 1. The molecule has 0 spiro atoms. The van der Waals surface area contributed by atoms with Gasteiger partial charge in [0.1, 0.15) is 6.04 Å². The van der Waals surface area contributed by atoms with Crippen LogP contribution in [-0.2, 0) is 17.9 Å². The van der Waals surface area contributed by atoms with E-state index in [0.29, 0.717) is 13.0 Å². The van der Waals surface area contributed by atoms with Crippen molar-refractivity contribution in [3.05, 3.63) is 36.0 Å². The summed E-state index contributed by atoms with van der Waals surface area (Å²) in [6.45, 7) is 3.61. The highest BCUT2D eigenvalue weighted by Crippen LogP contribution is 2.21. The summed E-state index contributed by atoms with van der Waals surface area (Å²) in [4.78, 5) is 11.3. The monoisotopic (exact) mass is 306 g/mol. The van der Waals surface area contributed by atoms with Crippen molar-refractivity contribution in [3.63, 3.8) is 0 Å². The Balaban J connectivity index is 2.14. The molecule has 0 amide bonds. The molecule has 0 saturated carbocycles. The summed E-state index contributed by atoms with van der Waals surface area (Å²) in [7, 11) is 0. The second kappa shape index (κ2) is 7.52. The SMILES string of the molecule is CCn1cc(CNC(CCSC)C(=O)O)c2ccccc21. The van der Waals surface area contributed by atoms with E-state index in [4.69, 9.17) is 0 Å². The van der Waals surface area contributed by atoms with Crippen LogP contribution in [0.2, 0.25) is 0 Å². The quantitative estimate of drug-likeness (QED) is 0.787. The summed E-state index contributed by atoms with van der Waals surface area (Å²) < 4.78 is 2.20. The minimum Gasteiger partial charge on any atom is -0.480 e. The fraction of sp³-hybridized carbons (Fsp3) is 0.438. The van der Waals surface area contributed by atoms with Crippen LogP contribution in [0.5, 0.6) is 0 Å². The normalized spacial score (nSPS) is 12.7. The molecule has 1 unspecified atom stereocenters. The zero-order valence-corrected chi connectivity index (χ0v) is 13.3. The lowest BCUT2D eigenvalue weighted by molar-refractivity contribution is -0.139. The predicted octanol–water partition coefficient (Wildman–Crippen LogP) is 2.96. The molecule has 1 atom stereocenters. The van der Waals surface area contributed by atoms with Crippen molar-refractivity contribution in [2.24, 2.45) is 0 Å². The molecule has 0 aliphatic heterocycles. The molecule has 0 radical (unpaired) electrons. The molecule has 5 heteroatoms. The van der Waals surface area contributed by atoms with E-state index in [0.717, 1.165) is 17.9 Å². The van der Waals surface area contributed by atoms with E-state index in [1.54, 1.807) is 11.8 Å². The molecule has 2 rings (SSSR count). The number of rotatable bonds is 8. The Hall–Kier alpha value is -1.46. The minimum atomic E-state index is -0.775. The van der Waals surface area contributed by atoms with Gasteiger partial charge < -0.3 is 15.0 Å². The summed E-state index contributed by atoms with van der Waals surface area (Å²) in [5, 5.41) is 13.6. The number of hydrogen-bond donors (Lipinski definition) is 2. The number of hydrogen-bond acceptors (Lipinski definition) is 3. The van der Waals surface area contributed by atoms with Crippen molar-refractivity contribution < 1.29 is 9.90 Å². The number of carboxylic acid groups (broad SMARTS) is 1. The molecule has 0 saturated heterocycles. The maximum atomic E-state index is 11.3. The van der Waals surface area contributed by atoms with Crippen LogP contribution in [0, 0.1) is 0 Å². The molecule has 21 heavy (non-hydrogen) atoms. The van der Waals surface area contributed by atoms with Crippen LogP contribution in [-0.4, -0.2) is 33.7 Å². The average Bonchev–Trinajstić information content (AvgIpc) is 2.85.